The summed E-state index contributed by atoms with van der Waals surface area (Å²) in [5, 5.41) is 4.93. The zero-order valence-electron chi connectivity index (χ0n) is 12.8. The first kappa shape index (κ1) is 13.7. The number of furan rings is 1. The number of para-hydroxylation sites is 1. The Kier molecular flexibility index (Phi) is 3.84. The van der Waals surface area contributed by atoms with Crippen molar-refractivity contribution in [2.24, 2.45) is 11.8 Å². The second-order valence-electron chi connectivity index (χ2n) is 6.24. The molecule has 2 unspecified atom stereocenters. The van der Waals surface area contributed by atoms with Crippen LogP contribution < -0.4 is 5.32 Å². The molecule has 0 spiro atoms. The van der Waals surface area contributed by atoms with E-state index in [0.29, 0.717) is 6.04 Å². The molecule has 1 fully saturated rings. The third-order valence-corrected chi connectivity index (χ3v) is 4.65. The molecule has 3 rings (SSSR count). The van der Waals surface area contributed by atoms with E-state index in [9.17, 15) is 0 Å². The van der Waals surface area contributed by atoms with Crippen LogP contribution in [0.25, 0.3) is 11.0 Å². The maximum atomic E-state index is 6.10. The van der Waals surface area contributed by atoms with E-state index in [4.69, 9.17) is 4.42 Å². The maximum absolute atomic E-state index is 6.10. The molecule has 2 heteroatoms. The highest BCUT2D eigenvalue weighted by Gasteiger charge is 2.28. The Bertz CT molecular complexity index is 582. The van der Waals surface area contributed by atoms with E-state index >= 15 is 0 Å². The van der Waals surface area contributed by atoms with Crippen LogP contribution in [0.4, 0.5) is 0 Å². The molecule has 1 aliphatic carbocycles. The highest BCUT2D eigenvalue weighted by molar-refractivity contribution is 5.82. The van der Waals surface area contributed by atoms with Crippen LogP contribution in [0.15, 0.2) is 28.7 Å². The van der Waals surface area contributed by atoms with Crippen LogP contribution in [0.1, 0.15) is 51.0 Å². The van der Waals surface area contributed by atoms with E-state index in [2.05, 4.69) is 44.3 Å². The monoisotopic (exact) mass is 271 g/mol. The van der Waals surface area contributed by atoms with Gasteiger partial charge in [0.15, 0.2) is 0 Å². The van der Waals surface area contributed by atoms with Gasteiger partial charge < -0.3 is 9.73 Å². The molecular weight excluding hydrogens is 246 g/mol. The molecule has 1 aliphatic rings. The van der Waals surface area contributed by atoms with Crippen molar-refractivity contribution in [1.82, 2.24) is 5.32 Å². The fourth-order valence-electron chi connectivity index (χ4n) is 3.12. The van der Waals surface area contributed by atoms with Gasteiger partial charge >= 0.3 is 0 Å². The Labute approximate surface area is 121 Å². The lowest BCUT2D eigenvalue weighted by atomic mass is 10.0. The molecule has 1 heterocycles. The van der Waals surface area contributed by atoms with E-state index in [1.54, 1.807) is 0 Å². The predicted molar refractivity (Wildman–Crippen MR) is 83.9 cm³/mol. The zero-order valence-corrected chi connectivity index (χ0v) is 12.8. The first-order valence-corrected chi connectivity index (χ1v) is 7.94. The Morgan fingerprint density at radius 2 is 2.00 bits per heavy atom. The van der Waals surface area contributed by atoms with Gasteiger partial charge in [-0.3, -0.25) is 0 Å². The van der Waals surface area contributed by atoms with Crippen molar-refractivity contribution < 1.29 is 4.42 Å². The molecule has 2 atom stereocenters. The van der Waals surface area contributed by atoms with Crippen molar-refractivity contribution in [2.75, 3.05) is 6.54 Å². The zero-order chi connectivity index (χ0) is 14.1. The van der Waals surface area contributed by atoms with Crippen LogP contribution in [-0.4, -0.2) is 6.54 Å². The first-order chi connectivity index (χ1) is 9.70. The lowest BCUT2D eigenvalue weighted by molar-refractivity contribution is 0.393. The number of aryl methyl sites for hydroxylation is 1. The second-order valence-corrected chi connectivity index (χ2v) is 6.24. The average Bonchev–Trinajstić information content (AvgIpc) is 3.24. The van der Waals surface area contributed by atoms with Crippen molar-refractivity contribution >= 4 is 11.0 Å². The van der Waals surface area contributed by atoms with Crippen molar-refractivity contribution in [3.05, 3.63) is 35.6 Å². The van der Waals surface area contributed by atoms with Crippen molar-refractivity contribution in [3.63, 3.8) is 0 Å². The summed E-state index contributed by atoms with van der Waals surface area (Å²) in [5.74, 6) is 2.86. The Morgan fingerprint density at radius 3 is 2.70 bits per heavy atom. The molecule has 0 bridgehead atoms. The lowest BCUT2D eigenvalue weighted by Crippen LogP contribution is -2.25. The number of nitrogens with one attached hydrogen (secondary N) is 1. The van der Waals surface area contributed by atoms with Crippen molar-refractivity contribution in [2.45, 2.75) is 46.1 Å². The summed E-state index contributed by atoms with van der Waals surface area (Å²) in [4.78, 5) is 0. The third-order valence-electron chi connectivity index (χ3n) is 4.65. The van der Waals surface area contributed by atoms with E-state index in [-0.39, 0.29) is 0 Å². The van der Waals surface area contributed by atoms with Gasteiger partial charge in [-0.25, -0.2) is 0 Å². The summed E-state index contributed by atoms with van der Waals surface area (Å²) in [7, 11) is 0. The normalized spacial score (nSPS) is 18.4. The molecule has 1 N–H and O–H groups in total. The fraction of sp³-hybridized carbons (Fsp3) is 0.556. The van der Waals surface area contributed by atoms with Crippen molar-refractivity contribution in [3.8, 4) is 0 Å². The van der Waals surface area contributed by atoms with Crippen LogP contribution >= 0.6 is 0 Å². The van der Waals surface area contributed by atoms with Crippen LogP contribution in [0, 0.1) is 11.8 Å². The summed E-state index contributed by atoms with van der Waals surface area (Å²) >= 11 is 0. The summed E-state index contributed by atoms with van der Waals surface area (Å²) in [6.45, 7) is 7.87. The molecular formula is C18H25NO. The number of fused-ring (bicyclic) bond motifs is 1. The third kappa shape index (κ3) is 2.62. The highest BCUT2D eigenvalue weighted by atomic mass is 16.3. The molecule has 1 aromatic carbocycles. The van der Waals surface area contributed by atoms with Gasteiger partial charge in [0.1, 0.15) is 11.3 Å². The van der Waals surface area contributed by atoms with Gasteiger partial charge in [0.05, 0.1) is 6.04 Å². The van der Waals surface area contributed by atoms with Gasteiger partial charge in [-0.1, -0.05) is 32.0 Å². The minimum atomic E-state index is 0.290. The largest absolute Gasteiger partial charge is 0.459 e. The number of hydrogen-bond donors (Lipinski definition) is 1. The minimum Gasteiger partial charge on any atom is -0.459 e. The van der Waals surface area contributed by atoms with E-state index < -0.39 is 0 Å². The SMILES string of the molecule is CCc1c(C(C)NCC(C)C2CC2)oc2ccccc12. The minimum absolute atomic E-state index is 0.290. The first-order valence-electron chi connectivity index (χ1n) is 7.94. The Morgan fingerprint density at radius 1 is 1.25 bits per heavy atom. The maximum Gasteiger partial charge on any atom is 0.134 e. The standard InChI is InChI=1S/C18H25NO/c1-4-15-16-7-5-6-8-17(16)20-18(15)13(3)19-11-12(2)14-9-10-14/h5-8,12-14,19H,4,9-11H2,1-3H3. The van der Waals surface area contributed by atoms with Crippen LogP contribution in [0.3, 0.4) is 0 Å². The van der Waals surface area contributed by atoms with Crippen LogP contribution in [-0.2, 0) is 6.42 Å². The predicted octanol–water partition coefficient (Wildman–Crippen LogP) is 4.69. The molecule has 0 aliphatic heterocycles. The molecule has 0 saturated heterocycles. The highest BCUT2D eigenvalue weighted by Crippen LogP contribution is 2.36. The van der Waals surface area contributed by atoms with Crippen LogP contribution in [0.5, 0.6) is 0 Å². The summed E-state index contributed by atoms with van der Waals surface area (Å²) in [6, 6.07) is 8.66. The number of rotatable bonds is 6. The number of benzene rings is 1. The molecule has 1 saturated carbocycles. The fourth-order valence-corrected chi connectivity index (χ4v) is 3.12. The van der Waals surface area contributed by atoms with E-state index in [1.807, 2.05) is 6.07 Å². The summed E-state index contributed by atoms with van der Waals surface area (Å²) < 4.78 is 6.10. The molecule has 0 radical (unpaired) electrons. The number of hydrogen-bond acceptors (Lipinski definition) is 2. The molecule has 2 aromatic rings. The smallest absolute Gasteiger partial charge is 0.134 e. The summed E-state index contributed by atoms with van der Waals surface area (Å²) in [6.07, 6.45) is 3.86. The molecule has 20 heavy (non-hydrogen) atoms. The van der Waals surface area contributed by atoms with Gasteiger partial charge in [0.2, 0.25) is 0 Å². The summed E-state index contributed by atoms with van der Waals surface area (Å²) in [5.41, 5.74) is 2.38. The molecule has 2 nitrogen and oxygen atoms in total. The Hall–Kier alpha value is -1.28. The quantitative estimate of drug-likeness (QED) is 0.824. The Balaban J connectivity index is 1.77. The van der Waals surface area contributed by atoms with E-state index in [0.717, 1.165) is 36.1 Å². The van der Waals surface area contributed by atoms with Gasteiger partial charge in [-0.15, -0.1) is 0 Å². The van der Waals surface area contributed by atoms with Gasteiger partial charge in [0, 0.05) is 10.9 Å². The second kappa shape index (κ2) is 5.61. The van der Waals surface area contributed by atoms with Gasteiger partial charge in [0.25, 0.3) is 0 Å². The molecule has 0 amide bonds. The topological polar surface area (TPSA) is 25.2 Å². The molecule has 1 aromatic heterocycles. The van der Waals surface area contributed by atoms with Crippen molar-refractivity contribution in [1.29, 1.82) is 0 Å². The average molecular weight is 271 g/mol. The van der Waals surface area contributed by atoms with E-state index in [1.165, 1.54) is 23.8 Å². The van der Waals surface area contributed by atoms with Gasteiger partial charge in [-0.05, 0) is 50.6 Å². The molecule has 108 valence electrons. The van der Waals surface area contributed by atoms with Gasteiger partial charge in [-0.2, -0.15) is 0 Å². The van der Waals surface area contributed by atoms with Crippen LogP contribution in [0.2, 0.25) is 0 Å². The lowest BCUT2D eigenvalue weighted by Gasteiger charge is -2.17.